The first-order valence-corrected chi connectivity index (χ1v) is 9.67. The average molecular weight is 357 g/mol. The molecule has 1 amide bonds. The number of hydrogen-bond acceptors (Lipinski definition) is 2. The number of anilines is 1. The number of benzene rings is 1. The fourth-order valence-corrected chi connectivity index (χ4v) is 4.17. The molecule has 0 saturated carbocycles. The lowest BCUT2D eigenvalue weighted by atomic mass is 9.89. The van der Waals surface area contributed by atoms with Crippen LogP contribution in [0.1, 0.15) is 40.0 Å². The van der Waals surface area contributed by atoms with Gasteiger partial charge in [-0.15, -0.1) is 11.3 Å². The molecule has 2 nitrogen and oxygen atoms in total. The highest BCUT2D eigenvalue weighted by atomic mass is 32.1. The van der Waals surface area contributed by atoms with Crippen molar-refractivity contribution in [3.8, 4) is 10.4 Å². The molecule has 1 heterocycles. The summed E-state index contributed by atoms with van der Waals surface area (Å²) < 4.78 is 13.1. The monoisotopic (exact) mass is 357 g/mol. The topological polar surface area (TPSA) is 20.3 Å². The zero-order chi connectivity index (χ0) is 18.0. The summed E-state index contributed by atoms with van der Waals surface area (Å²) in [6, 6.07) is 8.64. The number of carbonyl (C=O) groups excluding carboxylic acids is 1. The summed E-state index contributed by atoms with van der Waals surface area (Å²) in [6.07, 6.45) is 4.97. The molecular weight excluding hydrogens is 333 g/mol. The smallest absolute Gasteiger partial charge is 0.230 e. The molecule has 1 aliphatic rings. The highest BCUT2D eigenvalue weighted by Gasteiger charge is 2.28. The van der Waals surface area contributed by atoms with Gasteiger partial charge < -0.3 is 4.90 Å². The van der Waals surface area contributed by atoms with Crippen molar-refractivity contribution in [3.05, 3.63) is 53.2 Å². The standard InChI is InChI=1S/C21H24FNOS/c1-14(2)23(21(24)17-6-4-15(3)5-7-17)19-12-20(25-13-19)16-8-10-18(22)11-9-16/h4,8-14,17H,5-7H2,1-3H3. The van der Waals surface area contributed by atoms with Gasteiger partial charge in [0.15, 0.2) is 0 Å². The number of rotatable bonds is 4. The van der Waals surface area contributed by atoms with Crippen LogP contribution in [0.4, 0.5) is 10.1 Å². The lowest BCUT2D eigenvalue weighted by Crippen LogP contribution is -2.41. The van der Waals surface area contributed by atoms with E-state index in [9.17, 15) is 9.18 Å². The zero-order valence-corrected chi connectivity index (χ0v) is 15.8. The van der Waals surface area contributed by atoms with Gasteiger partial charge in [0.05, 0.1) is 5.69 Å². The predicted octanol–water partition coefficient (Wildman–Crippen LogP) is 6.04. The molecule has 3 rings (SSSR count). The second-order valence-corrected chi connectivity index (χ2v) is 7.91. The van der Waals surface area contributed by atoms with Gasteiger partial charge in [0.1, 0.15) is 5.82 Å². The van der Waals surface area contributed by atoms with Gasteiger partial charge in [-0.1, -0.05) is 23.8 Å². The molecule has 1 atom stereocenters. The van der Waals surface area contributed by atoms with Gasteiger partial charge in [0, 0.05) is 22.2 Å². The fraction of sp³-hybridized carbons (Fsp3) is 0.381. The van der Waals surface area contributed by atoms with Crippen LogP contribution in [0.15, 0.2) is 47.4 Å². The van der Waals surface area contributed by atoms with E-state index in [1.165, 1.54) is 17.7 Å². The maximum Gasteiger partial charge on any atom is 0.230 e. The molecule has 0 radical (unpaired) electrons. The molecule has 1 aromatic heterocycles. The normalized spacial score (nSPS) is 17.5. The lowest BCUT2D eigenvalue weighted by molar-refractivity contribution is -0.123. The van der Waals surface area contributed by atoms with Gasteiger partial charge in [-0.3, -0.25) is 4.79 Å². The summed E-state index contributed by atoms with van der Waals surface area (Å²) in [5.41, 5.74) is 3.30. The van der Waals surface area contributed by atoms with Crippen molar-refractivity contribution in [2.45, 2.75) is 46.1 Å². The van der Waals surface area contributed by atoms with Crippen LogP contribution in [0.25, 0.3) is 10.4 Å². The van der Waals surface area contributed by atoms with Gasteiger partial charge >= 0.3 is 0 Å². The van der Waals surface area contributed by atoms with E-state index in [2.05, 4.69) is 26.8 Å². The zero-order valence-electron chi connectivity index (χ0n) is 15.0. The first-order chi connectivity index (χ1) is 12.0. The minimum absolute atomic E-state index is 0.0697. The van der Waals surface area contributed by atoms with E-state index in [4.69, 9.17) is 0 Å². The third-order valence-electron chi connectivity index (χ3n) is 4.73. The van der Waals surface area contributed by atoms with Crippen molar-refractivity contribution in [2.75, 3.05) is 4.90 Å². The van der Waals surface area contributed by atoms with Crippen LogP contribution in [-0.2, 0) is 4.79 Å². The Morgan fingerprint density at radius 1 is 1.28 bits per heavy atom. The van der Waals surface area contributed by atoms with Crippen molar-refractivity contribution in [1.29, 1.82) is 0 Å². The fourth-order valence-electron chi connectivity index (χ4n) is 3.28. The number of halogens is 1. The van der Waals surface area contributed by atoms with Crippen molar-refractivity contribution < 1.29 is 9.18 Å². The van der Waals surface area contributed by atoms with Crippen molar-refractivity contribution >= 4 is 22.9 Å². The van der Waals surface area contributed by atoms with E-state index < -0.39 is 0 Å². The lowest BCUT2D eigenvalue weighted by Gasteiger charge is -2.31. The average Bonchev–Trinajstić information content (AvgIpc) is 3.05. The van der Waals surface area contributed by atoms with Gasteiger partial charge in [0.25, 0.3) is 0 Å². The minimum atomic E-state index is -0.236. The third kappa shape index (κ3) is 4.01. The Morgan fingerprint density at radius 2 is 2.00 bits per heavy atom. The van der Waals surface area contributed by atoms with E-state index >= 15 is 0 Å². The SMILES string of the molecule is CC1=CCC(C(=O)N(c2csc(-c3ccc(F)cc3)c2)C(C)C)CC1. The number of allylic oxidation sites excluding steroid dienone is 2. The largest absolute Gasteiger partial charge is 0.309 e. The molecule has 2 aromatic rings. The molecule has 0 fully saturated rings. The second kappa shape index (κ2) is 7.52. The van der Waals surface area contributed by atoms with Crippen molar-refractivity contribution in [3.63, 3.8) is 0 Å². The number of carbonyl (C=O) groups is 1. The number of nitrogens with zero attached hydrogens (tertiary/aromatic N) is 1. The molecule has 0 bridgehead atoms. The van der Waals surface area contributed by atoms with Crippen LogP contribution in [0.5, 0.6) is 0 Å². The molecule has 0 aliphatic heterocycles. The molecule has 1 aromatic carbocycles. The number of hydrogen-bond donors (Lipinski definition) is 0. The summed E-state index contributed by atoms with van der Waals surface area (Å²) in [7, 11) is 0. The highest BCUT2D eigenvalue weighted by Crippen LogP contribution is 2.35. The van der Waals surface area contributed by atoms with E-state index in [1.807, 2.05) is 16.3 Å². The second-order valence-electron chi connectivity index (χ2n) is 7.00. The Labute approximate surface area is 153 Å². The van der Waals surface area contributed by atoms with E-state index in [0.717, 1.165) is 35.4 Å². The first-order valence-electron chi connectivity index (χ1n) is 8.79. The van der Waals surface area contributed by atoms with E-state index in [1.54, 1.807) is 23.5 Å². The Bertz CT molecular complexity index is 775. The summed E-state index contributed by atoms with van der Waals surface area (Å²) in [4.78, 5) is 16.1. The molecule has 1 unspecified atom stereocenters. The Kier molecular flexibility index (Phi) is 5.38. The minimum Gasteiger partial charge on any atom is -0.309 e. The Hall–Kier alpha value is -1.94. The van der Waals surface area contributed by atoms with Crippen LogP contribution in [0.2, 0.25) is 0 Å². The maximum absolute atomic E-state index is 13.1. The molecule has 4 heteroatoms. The Morgan fingerprint density at radius 3 is 2.60 bits per heavy atom. The van der Waals surface area contributed by atoms with Gasteiger partial charge in [-0.05, 0) is 63.8 Å². The van der Waals surface area contributed by atoms with Crippen LogP contribution >= 0.6 is 11.3 Å². The van der Waals surface area contributed by atoms with Gasteiger partial charge in [0.2, 0.25) is 5.91 Å². The predicted molar refractivity (Wildman–Crippen MR) is 103 cm³/mol. The van der Waals surface area contributed by atoms with Crippen LogP contribution in [0, 0.1) is 11.7 Å². The number of amides is 1. The van der Waals surface area contributed by atoms with Crippen molar-refractivity contribution in [2.24, 2.45) is 5.92 Å². The maximum atomic E-state index is 13.1. The highest BCUT2D eigenvalue weighted by molar-refractivity contribution is 7.14. The molecule has 132 valence electrons. The first kappa shape index (κ1) is 17.9. The molecular formula is C21H24FNOS. The van der Waals surface area contributed by atoms with Crippen LogP contribution in [-0.4, -0.2) is 11.9 Å². The quantitative estimate of drug-likeness (QED) is 0.611. The van der Waals surface area contributed by atoms with E-state index in [-0.39, 0.29) is 23.7 Å². The Balaban J connectivity index is 1.84. The summed E-state index contributed by atoms with van der Waals surface area (Å²) >= 11 is 1.59. The molecule has 1 aliphatic carbocycles. The van der Waals surface area contributed by atoms with Gasteiger partial charge in [-0.25, -0.2) is 4.39 Å². The molecule has 0 N–H and O–H groups in total. The molecule has 25 heavy (non-hydrogen) atoms. The van der Waals surface area contributed by atoms with Crippen LogP contribution < -0.4 is 4.90 Å². The van der Waals surface area contributed by atoms with Crippen molar-refractivity contribution in [1.82, 2.24) is 0 Å². The molecule has 0 saturated heterocycles. The third-order valence-corrected chi connectivity index (χ3v) is 5.70. The van der Waals surface area contributed by atoms with Crippen LogP contribution in [0.3, 0.4) is 0 Å². The molecule has 0 spiro atoms. The van der Waals surface area contributed by atoms with Gasteiger partial charge in [-0.2, -0.15) is 0 Å². The summed E-state index contributed by atoms with van der Waals surface area (Å²) in [5, 5.41) is 2.03. The van der Waals surface area contributed by atoms with E-state index in [0.29, 0.717) is 0 Å². The number of thiophene rings is 1. The summed E-state index contributed by atoms with van der Waals surface area (Å²) in [5.74, 6) is 0.0441. The summed E-state index contributed by atoms with van der Waals surface area (Å²) in [6.45, 7) is 6.24.